The lowest BCUT2D eigenvalue weighted by Crippen LogP contribution is -2.02. The van der Waals surface area contributed by atoms with E-state index in [0.29, 0.717) is 13.1 Å². The Morgan fingerprint density at radius 2 is 0.950 bits per heavy atom. The van der Waals surface area contributed by atoms with E-state index in [1.54, 1.807) is 21.6 Å². The lowest BCUT2D eigenvalue weighted by atomic mass is 10.2. The molecule has 0 atom stereocenters. The van der Waals surface area contributed by atoms with Gasteiger partial charge >= 0.3 is 0 Å². The summed E-state index contributed by atoms with van der Waals surface area (Å²) in [4.78, 5) is 2.53. The Balaban J connectivity index is 1.87. The summed E-state index contributed by atoms with van der Waals surface area (Å²) in [7, 11) is 3.56. The lowest BCUT2D eigenvalue weighted by Gasteiger charge is -2.04. The van der Waals surface area contributed by atoms with Crippen LogP contribution in [0.1, 0.15) is 11.1 Å². The minimum Gasteiger partial charge on any atom is -0.330 e. The highest BCUT2D eigenvalue weighted by Crippen LogP contribution is 2.37. The van der Waals surface area contributed by atoms with Crippen LogP contribution in [0.15, 0.2) is 58.3 Å². The zero-order valence-electron chi connectivity index (χ0n) is 11.4. The highest BCUT2D eigenvalue weighted by Gasteiger charge is 1.99. The van der Waals surface area contributed by atoms with Crippen molar-refractivity contribution in [2.24, 2.45) is 11.5 Å². The quantitative estimate of drug-likeness (QED) is 0.769. The molecule has 2 aromatic carbocycles. The fraction of sp³-hybridized carbons (Fsp3) is 0.250. The van der Waals surface area contributed by atoms with E-state index in [1.165, 1.54) is 20.9 Å². The molecule has 0 spiro atoms. The average Bonchev–Trinajstić information content (AvgIpc) is 2.49. The maximum atomic E-state index is 5.55. The molecule has 106 valence electrons. The maximum Gasteiger partial charge on any atom is 0.0186 e. The molecule has 2 aromatic rings. The first kappa shape index (κ1) is 15.4. The topological polar surface area (TPSA) is 52.0 Å². The molecule has 0 fully saturated rings. The second-order valence-corrected chi connectivity index (χ2v) is 6.81. The summed E-state index contributed by atoms with van der Waals surface area (Å²) < 4.78 is 0. The third-order valence-corrected chi connectivity index (χ3v) is 5.36. The van der Waals surface area contributed by atoms with Crippen molar-refractivity contribution in [3.05, 3.63) is 59.7 Å². The van der Waals surface area contributed by atoms with Crippen LogP contribution in [0.4, 0.5) is 0 Å². The van der Waals surface area contributed by atoms with E-state index in [4.69, 9.17) is 11.5 Å². The second kappa shape index (κ2) is 8.37. The van der Waals surface area contributed by atoms with Crippen LogP contribution in [0.3, 0.4) is 0 Å². The first-order valence-electron chi connectivity index (χ1n) is 6.74. The number of nitrogens with two attached hydrogens (primary N) is 2. The van der Waals surface area contributed by atoms with Crippen molar-refractivity contribution >= 4 is 21.6 Å². The van der Waals surface area contributed by atoms with Crippen molar-refractivity contribution in [1.29, 1.82) is 0 Å². The van der Waals surface area contributed by atoms with Gasteiger partial charge < -0.3 is 11.5 Å². The van der Waals surface area contributed by atoms with Gasteiger partial charge in [-0.2, -0.15) is 0 Å². The van der Waals surface area contributed by atoms with E-state index in [-0.39, 0.29) is 0 Å². The van der Waals surface area contributed by atoms with Crippen molar-refractivity contribution in [2.75, 3.05) is 13.1 Å². The fourth-order valence-electron chi connectivity index (χ4n) is 1.85. The standard InChI is InChI=1S/C16H20N2S2/c17-11-9-13-1-5-15(6-2-13)19-20-16-7-3-14(4-8-16)10-12-18/h1-8H,9-12,17-18H2. The first-order valence-corrected chi connectivity index (χ1v) is 8.89. The molecule has 0 aliphatic carbocycles. The molecule has 0 amide bonds. The number of benzene rings is 2. The molecule has 4 N–H and O–H groups in total. The van der Waals surface area contributed by atoms with E-state index in [9.17, 15) is 0 Å². The summed E-state index contributed by atoms with van der Waals surface area (Å²) in [6.07, 6.45) is 1.89. The summed E-state index contributed by atoms with van der Waals surface area (Å²) in [5, 5.41) is 0. The Kier molecular flexibility index (Phi) is 6.47. The maximum absolute atomic E-state index is 5.55. The largest absolute Gasteiger partial charge is 0.330 e. The average molecular weight is 304 g/mol. The Bertz CT molecular complexity index is 460. The molecule has 0 bridgehead atoms. The smallest absolute Gasteiger partial charge is 0.0186 e. The van der Waals surface area contributed by atoms with Crippen LogP contribution in [0.2, 0.25) is 0 Å². The van der Waals surface area contributed by atoms with Gasteiger partial charge in [-0.15, -0.1) is 0 Å². The van der Waals surface area contributed by atoms with E-state index in [1.807, 2.05) is 0 Å². The van der Waals surface area contributed by atoms with Crippen LogP contribution in [-0.4, -0.2) is 13.1 Å². The Labute approximate surface area is 128 Å². The lowest BCUT2D eigenvalue weighted by molar-refractivity contribution is 0.966. The zero-order valence-corrected chi connectivity index (χ0v) is 13.1. The van der Waals surface area contributed by atoms with Gasteiger partial charge in [0.2, 0.25) is 0 Å². The van der Waals surface area contributed by atoms with Gasteiger partial charge in [-0.25, -0.2) is 0 Å². The fourth-order valence-corrected chi connectivity index (χ4v) is 3.78. The van der Waals surface area contributed by atoms with E-state index in [2.05, 4.69) is 48.5 Å². The van der Waals surface area contributed by atoms with Gasteiger partial charge in [0.25, 0.3) is 0 Å². The summed E-state index contributed by atoms with van der Waals surface area (Å²) in [6.45, 7) is 1.41. The molecular weight excluding hydrogens is 284 g/mol. The van der Waals surface area contributed by atoms with Crippen molar-refractivity contribution in [3.63, 3.8) is 0 Å². The monoisotopic (exact) mass is 304 g/mol. The van der Waals surface area contributed by atoms with Gasteiger partial charge in [-0.1, -0.05) is 45.9 Å². The van der Waals surface area contributed by atoms with Crippen LogP contribution in [0.5, 0.6) is 0 Å². The van der Waals surface area contributed by atoms with Crippen LogP contribution in [0.25, 0.3) is 0 Å². The molecule has 0 saturated heterocycles. The molecule has 20 heavy (non-hydrogen) atoms. The molecule has 0 aliphatic rings. The number of rotatable bonds is 7. The van der Waals surface area contributed by atoms with Crippen molar-refractivity contribution in [2.45, 2.75) is 22.6 Å². The van der Waals surface area contributed by atoms with Gasteiger partial charge in [-0.3, -0.25) is 0 Å². The molecule has 0 heterocycles. The van der Waals surface area contributed by atoms with Crippen LogP contribution in [0, 0.1) is 0 Å². The molecule has 0 radical (unpaired) electrons. The molecule has 0 unspecified atom stereocenters. The molecule has 4 heteroatoms. The van der Waals surface area contributed by atoms with E-state index >= 15 is 0 Å². The van der Waals surface area contributed by atoms with Gasteiger partial charge in [0, 0.05) is 9.79 Å². The Morgan fingerprint density at radius 3 is 1.25 bits per heavy atom. The highest BCUT2D eigenvalue weighted by atomic mass is 33.1. The predicted molar refractivity (Wildman–Crippen MR) is 90.1 cm³/mol. The third-order valence-electron chi connectivity index (χ3n) is 2.95. The highest BCUT2D eigenvalue weighted by molar-refractivity contribution is 8.76. The van der Waals surface area contributed by atoms with E-state index in [0.717, 1.165) is 12.8 Å². The van der Waals surface area contributed by atoms with Gasteiger partial charge in [0.05, 0.1) is 0 Å². The molecule has 2 rings (SSSR count). The second-order valence-electron chi connectivity index (χ2n) is 4.53. The predicted octanol–water partition coefficient (Wildman–Crippen LogP) is 3.49. The molecule has 0 aliphatic heterocycles. The van der Waals surface area contributed by atoms with Crippen molar-refractivity contribution in [1.82, 2.24) is 0 Å². The minimum absolute atomic E-state index is 0.705. The van der Waals surface area contributed by atoms with Crippen molar-refractivity contribution < 1.29 is 0 Å². The Morgan fingerprint density at radius 1 is 0.600 bits per heavy atom. The molecular formula is C16H20N2S2. The molecule has 0 aromatic heterocycles. The van der Waals surface area contributed by atoms with Gasteiger partial charge in [0.1, 0.15) is 0 Å². The molecule has 0 saturated carbocycles. The van der Waals surface area contributed by atoms with Crippen LogP contribution < -0.4 is 11.5 Å². The zero-order chi connectivity index (χ0) is 14.2. The summed E-state index contributed by atoms with van der Waals surface area (Å²) in [5.74, 6) is 0. The number of hydrogen-bond donors (Lipinski definition) is 2. The van der Waals surface area contributed by atoms with Crippen LogP contribution in [-0.2, 0) is 12.8 Å². The van der Waals surface area contributed by atoms with Crippen molar-refractivity contribution in [3.8, 4) is 0 Å². The SMILES string of the molecule is NCCc1ccc(SSc2ccc(CCN)cc2)cc1. The Hall–Kier alpha value is -0.940. The minimum atomic E-state index is 0.705. The molecule has 2 nitrogen and oxygen atoms in total. The third kappa shape index (κ3) is 4.87. The van der Waals surface area contributed by atoms with Crippen LogP contribution >= 0.6 is 21.6 Å². The first-order chi connectivity index (χ1) is 9.81. The normalized spacial score (nSPS) is 10.7. The summed E-state index contributed by atoms with van der Waals surface area (Å²) in [5.41, 5.74) is 13.7. The summed E-state index contributed by atoms with van der Waals surface area (Å²) in [6, 6.07) is 17.2. The van der Waals surface area contributed by atoms with Gasteiger partial charge in [0.15, 0.2) is 0 Å². The van der Waals surface area contributed by atoms with E-state index < -0.39 is 0 Å². The van der Waals surface area contributed by atoms with Gasteiger partial charge in [-0.05, 0) is 61.3 Å². The number of hydrogen-bond acceptors (Lipinski definition) is 4. The summed E-state index contributed by atoms with van der Waals surface area (Å²) >= 11 is 0.